The van der Waals surface area contributed by atoms with E-state index in [4.69, 9.17) is 4.74 Å². The Morgan fingerprint density at radius 1 is 1.05 bits per heavy atom. The van der Waals surface area contributed by atoms with Crippen LogP contribution in [-0.4, -0.2) is 77.9 Å². The molecule has 2 amide bonds. The van der Waals surface area contributed by atoms with Crippen molar-refractivity contribution in [1.29, 1.82) is 0 Å². The van der Waals surface area contributed by atoms with Crippen molar-refractivity contribution >= 4 is 11.8 Å². The first-order valence-electron chi connectivity index (χ1n) is 15.1. The molecule has 5 rings (SSSR count). The van der Waals surface area contributed by atoms with Crippen LogP contribution in [0.2, 0.25) is 0 Å². The highest BCUT2D eigenvalue weighted by molar-refractivity contribution is 5.83. The highest BCUT2D eigenvalue weighted by atomic mass is 16.5. The maximum absolute atomic E-state index is 13.9. The van der Waals surface area contributed by atoms with Crippen molar-refractivity contribution in [2.75, 3.05) is 39.3 Å². The maximum atomic E-state index is 13.9. The minimum atomic E-state index is -0.237. The number of hydrogen-bond acceptors (Lipinski definition) is 5. The van der Waals surface area contributed by atoms with Crippen LogP contribution < -0.4 is 10.1 Å². The molecule has 216 valence electrons. The average molecular weight is 547 g/mol. The molecule has 2 saturated heterocycles. The number of fused-ring (bicyclic) bond motifs is 1. The summed E-state index contributed by atoms with van der Waals surface area (Å²) in [6, 6.07) is 14.8. The number of amides is 2. The lowest BCUT2D eigenvalue weighted by molar-refractivity contribution is -0.138. The molecule has 0 aromatic heterocycles. The molecule has 2 aromatic rings. The van der Waals surface area contributed by atoms with Gasteiger partial charge in [0, 0.05) is 64.7 Å². The second-order valence-corrected chi connectivity index (χ2v) is 12.9. The van der Waals surface area contributed by atoms with Gasteiger partial charge in [0.1, 0.15) is 5.75 Å². The molecule has 1 N–H and O–H groups in total. The Labute approximate surface area is 239 Å². The number of benzene rings is 2. The van der Waals surface area contributed by atoms with Crippen LogP contribution in [-0.2, 0) is 35.5 Å². The molecule has 2 atom stereocenters. The van der Waals surface area contributed by atoms with E-state index in [0.717, 1.165) is 56.9 Å². The van der Waals surface area contributed by atoms with Crippen LogP contribution in [0.15, 0.2) is 42.5 Å². The average Bonchev–Trinajstić information content (AvgIpc) is 3.58. The van der Waals surface area contributed by atoms with Crippen molar-refractivity contribution in [2.45, 2.75) is 78.6 Å². The van der Waals surface area contributed by atoms with Gasteiger partial charge in [-0.25, -0.2) is 0 Å². The molecule has 0 bridgehead atoms. The summed E-state index contributed by atoms with van der Waals surface area (Å²) in [4.78, 5) is 34.2. The SMILES string of the molecule is CCc1cccc(CN(C(=O)CC(C)(C)C)C2CC(C(=O)N3CCNCC3)N(Cc3ccc4c(c3)CCO4)C2)c1. The van der Waals surface area contributed by atoms with Crippen molar-refractivity contribution in [1.82, 2.24) is 20.0 Å². The second kappa shape index (κ2) is 12.3. The summed E-state index contributed by atoms with van der Waals surface area (Å²) in [5.41, 5.74) is 4.77. The van der Waals surface area contributed by atoms with E-state index in [1.165, 1.54) is 16.7 Å². The highest BCUT2D eigenvalue weighted by Crippen LogP contribution is 2.32. The minimum Gasteiger partial charge on any atom is -0.493 e. The topological polar surface area (TPSA) is 65.1 Å². The van der Waals surface area contributed by atoms with Crippen LogP contribution in [0.5, 0.6) is 5.75 Å². The van der Waals surface area contributed by atoms with Gasteiger partial charge in [0.05, 0.1) is 12.6 Å². The Morgan fingerprint density at radius 2 is 1.82 bits per heavy atom. The van der Waals surface area contributed by atoms with E-state index in [2.05, 4.69) is 85.3 Å². The monoisotopic (exact) mass is 546 g/mol. The number of piperazine rings is 1. The Balaban J connectivity index is 1.42. The molecular weight excluding hydrogens is 500 g/mol. The Kier molecular flexibility index (Phi) is 8.81. The van der Waals surface area contributed by atoms with E-state index in [-0.39, 0.29) is 29.3 Å². The number of rotatable bonds is 8. The van der Waals surface area contributed by atoms with E-state index in [1.807, 2.05) is 4.90 Å². The van der Waals surface area contributed by atoms with Gasteiger partial charge in [0.2, 0.25) is 11.8 Å². The number of likely N-dealkylation sites (tertiary alicyclic amines) is 1. The Hall–Kier alpha value is -2.90. The van der Waals surface area contributed by atoms with Gasteiger partial charge in [-0.2, -0.15) is 0 Å². The Morgan fingerprint density at radius 3 is 2.58 bits per heavy atom. The standard InChI is InChI=1S/C33H46N4O3/c1-5-24-7-6-8-25(17-24)22-37(31(38)20-33(2,3)4)28-19-29(32(39)35-14-12-34-13-15-35)36(23-28)21-26-9-10-30-27(18-26)11-16-40-30/h6-10,17-18,28-29,34H,5,11-16,19-23H2,1-4H3. The molecule has 7 nitrogen and oxygen atoms in total. The van der Waals surface area contributed by atoms with E-state index in [9.17, 15) is 9.59 Å². The molecular formula is C33H46N4O3. The summed E-state index contributed by atoms with van der Waals surface area (Å²) in [6.07, 6.45) is 3.05. The summed E-state index contributed by atoms with van der Waals surface area (Å²) in [5.74, 6) is 1.35. The number of nitrogens with zero attached hydrogens (tertiary/aromatic N) is 3. The van der Waals surface area contributed by atoms with Crippen molar-refractivity contribution in [3.63, 3.8) is 0 Å². The fraction of sp³-hybridized carbons (Fsp3) is 0.576. The van der Waals surface area contributed by atoms with Crippen LogP contribution in [0.1, 0.15) is 62.8 Å². The zero-order valence-electron chi connectivity index (χ0n) is 24.7. The van der Waals surface area contributed by atoms with Crippen LogP contribution in [0, 0.1) is 5.41 Å². The molecule has 0 aliphatic carbocycles. The lowest BCUT2D eigenvalue weighted by atomic mass is 9.91. The predicted octanol–water partition coefficient (Wildman–Crippen LogP) is 4.02. The molecule has 3 heterocycles. The first-order valence-corrected chi connectivity index (χ1v) is 15.1. The fourth-order valence-electron chi connectivity index (χ4n) is 6.33. The molecule has 2 fully saturated rings. The molecule has 2 aromatic carbocycles. The summed E-state index contributed by atoms with van der Waals surface area (Å²) < 4.78 is 5.73. The van der Waals surface area contributed by atoms with Gasteiger partial charge in [0.25, 0.3) is 0 Å². The largest absolute Gasteiger partial charge is 0.493 e. The normalized spacial score (nSPS) is 21.2. The van der Waals surface area contributed by atoms with Crippen molar-refractivity contribution in [3.05, 3.63) is 64.7 Å². The van der Waals surface area contributed by atoms with Gasteiger partial charge < -0.3 is 19.9 Å². The molecule has 7 heteroatoms. The van der Waals surface area contributed by atoms with Gasteiger partial charge in [0.15, 0.2) is 0 Å². The van der Waals surface area contributed by atoms with Gasteiger partial charge >= 0.3 is 0 Å². The quantitative estimate of drug-likeness (QED) is 0.542. The van der Waals surface area contributed by atoms with Gasteiger partial charge in [-0.05, 0) is 46.6 Å². The molecule has 0 saturated carbocycles. The third-order valence-electron chi connectivity index (χ3n) is 8.43. The molecule has 0 spiro atoms. The zero-order chi connectivity index (χ0) is 28.3. The molecule has 3 aliphatic heterocycles. The number of nitrogens with one attached hydrogen (secondary N) is 1. The smallest absolute Gasteiger partial charge is 0.240 e. The first kappa shape index (κ1) is 28.6. The van der Waals surface area contributed by atoms with Crippen LogP contribution in [0.3, 0.4) is 0 Å². The van der Waals surface area contributed by atoms with E-state index < -0.39 is 0 Å². The summed E-state index contributed by atoms with van der Waals surface area (Å²) in [7, 11) is 0. The molecule has 2 unspecified atom stereocenters. The molecule has 3 aliphatic rings. The lowest BCUT2D eigenvalue weighted by Gasteiger charge is -2.33. The summed E-state index contributed by atoms with van der Waals surface area (Å²) >= 11 is 0. The van der Waals surface area contributed by atoms with Gasteiger partial charge in [-0.1, -0.05) is 64.1 Å². The second-order valence-electron chi connectivity index (χ2n) is 12.9. The number of carbonyl (C=O) groups is 2. The first-order chi connectivity index (χ1) is 19.2. The number of ether oxygens (including phenoxy) is 1. The van der Waals surface area contributed by atoms with Crippen molar-refractivity contribution in [2.24, 2.45) is 5.41 Å². The third kappa shape index (κ3) is 6.87. The van der Waals surface area contributed by atoms with Crippen LogP contribution >= 0.6 is 0 Å². The Bertz CT molecular complexity index is 1200. The highest BCUT2D eigenvalue weighted by Gasteiger charge is 2.42. The fourth-order valence-corrected chi connectivity index (χ4v) is 6.33. The van der Waals surface area contributed by atoms with E-state index in [1.54, 1.807) is 0 Å². The number of carbonyl (C=O) groups excluding carboxylic acids is 2. The minimum absolute atomic E-state index is 0.0187. The maximum Gasteiger partial charge on any atom is 0.240 e. The summed E-state index contributed by atoms with van der Waals surface area (Å²) in [6.45, 7) is 14.4. The zero-order valence-corrected chi connectivity index (χ0v) is 24.7. The molecule has 40 heavy (non-hydrogen) atoms. The van der Waals surface area contributed by atoms with Gasteiger partial charge in [-0.3, -0.25) is 14.5 Å². The van der Waals surface area contributed by atoms with Crippen LogP contribution in [0.25, 0.3) is 0 Å². The number of aryl methyl sites for hydroxylation is 1. The van der Waals surface area contributed by atoms with Crippen LogP contribution in [0.4, 0.5) is 0 Å². The lowest BCUT2D eigenvalue weighted by Crippen LogP contribution is -2.52. The summed E-state index contributed by atoms with van der Waals surface area (Å²) in [5, 5.41) is 3.36. The molecule has 0 radical (unpaired) electrons. The van der Waals surface area contributed by atoms with Gasteiger partial charge in [-0.15, -0.1) is 0 Å². The van der Waals surface area contributed by atoms with Crippen molar-refractivity contribution < 1.29 is 14.3 Å². The van der Waals surface area contributed by atoms with E-state index in [0.29, 0.717) is 32.5 Å². The van der Waals surface area contributed by atoms with E-state index >= 15 is 0 Å². The third-order valence-corrected chi connectivity index (χ3v) is 8.43. The predicted molar refractivity (Wildman–Crippen MR) is 158 cm³/mol. The number of hydrogen-bond donors (Lipinski definition) is 1. The van der Waals surface area contributed by atoms with Crippen molar-refractivity contribution in [3.8, 4) is 5.75 Å².